The molecule has 0 saturated carbocycles. The van der Waals surface area contributed by atoms with E-state index in [-0.39, 0.29) is 11.9 Å². The third-order valence-corrected chi connectivity index (χ3v) is 5.90. The Bertz CT molecular complexity index is 1350. The molecule has 4 aromatic rings. The van der Waals surface area contributed by atoms with Crippen molar-refractivity contribution in [2.45, 2.75) is 0 Å². The highest BCUT2D eigenvalue weighted by Gasteiger charge is 2.17. The third-order valence-electron chi connectivity index (χ3n) is 5.90. The van der Waals surface area contributed by atoms with E-state index in [0.717, 1.165) is 42.9 Å². The number of pyridine rings is 1. The summed E-state index contributed by atoms with van der Waals surface area (Å²) >= 11 is 0. The van der Waals surface area contributed by atoms with Gasteiger partial charge in [-0.15, -0.1) is 0 Å². The molecule has 0 bridgehead atoms. The Morgan fingerprint density at radius 1 is 1.00 bits per heavy atom. The lowest BCUT2D eigenvalue weighted by atomic mass is 10.0. The molecule has 9 heteroatoms. The number of anilines is 3. The van der Waals surface area contributed by atoms with Gasteiger partial charge in [0.15, 0.2) is 0 Å². The molecule has 1 saturated heterocycles. The Balaban J connectivity index is 1.37. The molecular formula is C25H24FN7O. The Kier molecular flexibility index (Phi) is 5.77. The number of fused-ring (bicyclic) bond motifs is 1. The third kappa shape index (κ3) is 4.65. The second-order valence-electron chi connectivity index (χ2n) is 8.39. The summed E-state index contributed by atoms with van der Waals surface area (Å²) in [6.07, 6.45) is 3.28. The number of rotatable bonds is 4. The van der Waals surface area contributed by atoms with Crippen LogP contribution in [0.25, 0.3) is 22.0 Å². The predicted molar refractivity (Wildman–Crippen MR) is 131 cm³/mol. The number of halogens is 1. The Hall–Kier alpha value is -4.11. The van der Waals surface area contributed by atoms with E-state index in [1.165, 1.54) is 12.1 Å². The molecule has 0 radical (unpaired) electrons. The molecule has 8 nitrogen and oxygen atoms in total. The van der Waals surface area contributed by atoms with Crippen molar-refractivity contribution in [2.75, 3.05) is 49.2 Å². The highest BCUT2D eigenvalue weighted by Crippen LogP contribution is 2.26. The Labute approximate surface area is 196 Å². The van der Waals surface area contributed by atoms with Crippen LogP contribution in [0.2, 0.25) is 0 Å². The summed E-state index contributed by atoms with van der Waals surface area (Å²) in [5, 5.41) is 3.57. The monoisotopic (exact) mass is 457 g/mol. The van der Waals surface area contributed by atoms with E-state index in [2.05, 4.69) is 37.1 Å². The van der Waals surface area contributed by atoms with Gasteiger partial charge in [0.25, 0.3) is 5.91 Å². The molecule has 3 heterocycles. The maximum absolute atomic E-state index is 13.8. The van der Waals surface area contributed by atoms with Crippen LogP contribution in [0.3, 0.4) is 0 Å². The van der Waals surface area contributed by atoms with E-state index >= 15 is 0 Å². The molecule has 1 fully saturated rings. The van der Waals surface area contributed by atoms with Crippen LogP contribution in [0.5, 0.6) is 0 Å². The van der Waals surface area contributed by atoms with E-state index in [1.807, 2.05) is 18.2 Å². The Morgan fingerprint density at radius 3 is 2.62 bits per heavy atom. The van der Waals surface area contributed by atoms with Crippen LogP contribution in [0.1, 0.15) is 10.4 Å². The summed E-state index contributed by atoms with van der Waals surface area (Å²) in [5.41, 5.74) is 8.65. The fourth-order valence-corrected chi connectivity index (χ4v) is 3.98. The first kappa shape index (κ1) is 21.7. The minimum atomic E-state index is -0.404. The van der Waals surface area contributed by atoms with Gasteiger partial charge in [-0.05, 0) is 54.6 Å². The van der Waals surface area contributed by atoms with Gasteiger partial charge in [-0.1, -0.05) is 12.1 Å². The van der Waals surface area contributed by atoms with Crippen molar-refractivity contribution in [3.8, 4) is 11.1 Å². The van der Waals surface area contributed by atoms with Gasteiger partial charge < -0.3 is 15.5 Å². The molecule has 2 aromatic carbocycles. The maximum Gasteiger partial charge on any atom is 0.258 e. The van der Waals surface area contributed by atoms with Crippen molar-refractivity contribution in [1.29, 1.82) is 0 Å². The molecule has 172 valence electrons. The number of nitrogens with one attached hydrogen (secondary N) is 1. The van der Waals surface area contributed by atoms with E-state index in [1.54, 1.807) is 30.6 Å². The van der Waals surface area contributed by atoms with Crippen LogP contribution < -0.4 is 16.0 Å². The standard InChI is InChI=1S/C25H24FN7O/c1-32-6-8-33(9-7-32)23-13-17(4-5-28-23)24(34)31-25-29-15-18-3-2-16(12-22(18)30-25)19-10-20(26)14-21(27)11-19/h2-5,10-15H,6-9,27H2,1H3,(H,29,30,31,34). The lowest BCUT2D eigenvalue weighted by molar-refractivity contribution is 0.102. The zero-order chi connectivity index (χ0) is 23.7. The Morgan fingerprint density at radius 2 is 1.82 bits per heavy atom. The lowest BCUT2D eigenvalue weighted by Crippen LogP contribution is -2.44. The number of benzene rings is 2. The second kappa shape index (κ2) is 9.03. The number of hydrogen-bond acceptors (Lipinski definition) is 7. The molecule has 34 heavy (non-hydrogen) atoms. The number of carbonyl (C=O) groups excluding carboxylic acids is 1. The number of hydrogen-bond donors (Lipinski definition) is 2. The number of aromatic nitrogens is 3. The SMILES string of the molecule is CN1CCN(c2cc(C(=O)Nc3ncc4ccc(-c5cc(N)cc(F)c5)cc4n3)ccn2)CC1. The van der Waals surface area contributed by atoms with E-state index in [4.69, 9.17) is 5.73 Å². The van der Waals surface area contributed by atoms with Gasteiger partial charge >= 0.3 is 0 Å². The van der Waals surface area contributed by atoms with Crippen molar-refractivity contribution < 1.29 is 9.18 Å². The van der Waals surface area contributed by atoms with Crippen LogP contribution in [0, 0.1) is 5.82 Å². The molecule has 0 aliphatic carbocycles. The van der Waals surface area contributed by atoms with Gasteiger partial charge in [0, 0.05) is 55.2 Å². The van der Waals surface area contributed by atoms with Crippen molar-refractivity contribution in [2.24, 2.45) is 0 Å². The normalized spacial score (nSPS) is 14.4. The van der Waals surface area contributed by atoms with Gasteiger partial charge in [0.05, 0.1) is 5.52 Å². The molecule has 3 N–H and O–H groups in total. The molecule has 0 atom stereocenters. The minimum absolute atomic E-state index is 0.186. The molecule has 5 rings (SSSR count). The van der Waals surface area contributed by atoms with Crippen LogP contribution >= 0.6 is 0 Å². The van der Waals surface area contributed by atoms with Gasteiger partial charge in [-0.2, -0.15) is 0 Å². The number of nitrogens with two attached hydrogens (primary N) is 1. The molecule has 0 unspecified atom stereocenters. The molecular weight excluding hydrogens is 433 g/mol. The summed E-state index contributed by atoms with van der Waals surface area (Å²) in [6.45, 7) is 3.63. The highest BCUT2D eigenvalue weighted by atomic mass is 19.1. The number of nitrogens with zero attached hydrogens (tertiary/aromatic N) is 5. The molecule has 0 spiro atoms. The maximum atomic E-state index is 13.8. The summed E-state index contributed by atoms with van der Waals surface area (Å²) in [6, 6.07) is 13.4. The smallest absolute Gasteiger partial charge is 0.258 e. The average molecular weight is 458 g/mol. The molecule has 1 aliphatic heterocycles. The number of piperazine rings is 1. The highest BCUT2D eigenvalue weighted by molar-refractivity contribution is 6.04. The van der Waals surface area contributed by atoms with Crippen molar-refractivity contribution in [3.63, 3.8) is 0 Å². The molecule has 2 aromatic heterocycles. The lowest BCUT2D eigenvalue weighted by Gasteiger charge is -2.33. The average Bonchev–Trinajstić information content (AvgIpc) is 2.83. The fourth-order valence-electron chi connectivity index (χ4n) is 3.98. The molecule has 1 aliphatic rings. The van der Waals surface area contributed by atoms with Gasteiger partial charge in [0.1, 0.15) is 11.6 Å². The summed E-state index contributed by atoms with van der Waals surface area (Å²) in [5.74, 6) is 0.246. The van der Waals surface area contributed by atoms with Crippen molar-refractivity contribution in [1.82, 2.24) is 19.9 Å². The zero-order valence-electron chi connectivity index (χ0n) is 18.7. The zero-order valence-corrected chi connectivity index (χ0v) is 18.7. The van der Waals surface area contributed by atoms with E-state index in [0.29, 0.717) is 22.3 Å². The van der Waals surface area contributed by atoms with Crippen LogP contribution in [0.4, 0.5) is 21.8 Å². The van der Waals surface area contributed by atoms with Crippen molar-refractivity contribution in [3.05, 3.63) is 72.3 Å². The first-order valence-corrected chi connectivity index (χ1v) is 11.0. The van der Waals surface area contributed by atoms with E-state index in [9.17, 15) is 9.18 Å². The van der Waals surface area contributed by atoms with E-state index < -0.39 is 5.82 Å². The van der Waals surface area contributed by atoms with Gasteiger partial charge in [0.2, 0.25) is 5.95 Å². The van der Waals surface area contributed by atoms with Crippen LogP contribution in [-0.2, 0) is 0 Å². The van der Waals surface area contributed by atoms with Crippen molar-refractivity contribution >= 4 is 34.3 Å². The number of nitrogen functional groups attached to an aromatic ring is 1. The number of carbonyl (C=O) groups is 1. The fraction of sp³-hybridized carbons (Fsp3) is 0.200. The minimum Gasteiger partial charge on any atom is -0.399 e. The van der Waals surface area contributed by atoms with Crippen LogP contribution in [0.15, 0.2) is 60.9 Å². The first-order valence-electron chi connectivity index (χ1n) is 11.0. The van der Waals surface area contributed by atoms with Gasteiger partial charge in [-0.3, -0.25) is 10.1 Å². The largest absolute Gasteiger partial charge is 0.399 e. The molecule has 1 amide bonds. The van der Waals surface area contributed by atoms with Gasteiger partial charge in [-0.25, -0.2) is 19.3 Å². The first-order chi connectivity index (χ1) is 16.4. The summed E-state index contributed by atoms with van der Waals surface area (Å²) < 4.78 is 13.8. The van der Waals surface area contributed by atoms with Crippen LogP contribution in [-0.4, -0.2) is 59.0 Å². The second-order valence-corrected chi connectivity index (χ2v) is 8.39. The summed E-state index contributed by atoms with van der Waals surface area (Å²) in [7, 11) is 2.09. The predicted octanol–water partition coefficient (Wildman–Crippen LogP) is 3.42. The number of amides is 1. The topological polar surface area (TPSA) is 100 Å². The summed E-state index contributed by atoms with van der Waals surface area (Å²) in [4.78, 5) is 30.5. The number of likely N-dealkylation sites (N-methyl/N-ethyl adjacent to an activating group) is 1. The quantitative estimate of drug-likeness (QED) is 0.453.